The van der Waals surface area contributed by atoms with Gasteiger partial charge < -0.3 is 4.90 Å². The molecule has 34 heavy (non-hydrogen) atoms. The number of anilines is 1. The number of aromatic nitrogens is 1. The zero-order chi connectivity index (χ0) is 23.7. The topological polar surface area (TPSA) is 53.5 Å². The van der Waals surface area contributed by atoms with E-state index in [1.165, 1.54) is 12.3 Å². The van der Waals surface area contributed by atoms with Gasteiger partial charge in [-0.1, -0.05) is 54.6 Å². The third-order valence-electron chi connectivity index (χ3n) is 6.33. The number of hydrogen-bond acceptors (Lipinski definition) is 5. The monoisotopic (exact) mass is 475 g/mol. The van der Waals surface area contributed by atoms with Gasteiger partial charge in [0.25, 0.3) is 0 Å². The van der Waals surface area contributed by atoms with Crippen molar-refractivity contribution in [3.05, 3.63) is 90.2 Å². The SMILES string of the molecule is CS(=O)(=O)c1ccccc1CN1CCN(c2ccc3cccc(-c4ccccc4F)c3n2)CC1. The first-order chi connectivity index (χ1) is 16.4. The molecule has 1 aliphatic heterocycles. The van der Waals surface area contributed by atoms with Crippen LogP contribution in [0.1, 0.15) is 5.56 Å². The Bertz CT molecular complexity index is 1450. The summed E-state index contributed by atoms with van der Waals surface area (Å²) in [5.74, 6) is 0.609. The summed E-state index contributed by atoms with van der Waals surface area (Å²) < 4.78 is 38.8. The van der Waals surface area contributed by atoms with E-state index in [1.807, 2.05) is 48.5 Å². The molecule has 1 aromatic heterocycles. The highest BCUT2D eigenvalue weighted by Crippen LogP contribution is 2.31. The summed E-state index contributed by atoms with van der Waals surface area (Å²) in [6.45, 7) is 3.75. The Morgan fingerprint density at radius 2 is 1.53 bits per heavy atom. The molecule has 5 rings (SSSR count). The van der Waals surface area contributed by atoms with Crippen LogP contribution in [0.3, 0.4) is 0 Å². The Morgan fingerprint density at radius 1 is 0.824 bits per heavy atom. The normalized spacial score (nSPS) is 15.1. The molecule has 5 nitrogen and oxygen atoms in total. The molecule has 7 heteroatoms. The molecule has 0 radical (unpaired) electrons. The number of nitrogens with zero attached hydrogens (tertiary/aromatic N) is 3. The Labute approximate surface area is 199 Å². The lowest BCUT2D eigenvalue weighted by atomic mass is 10.0. The third-order valence-corrected chi connectivity index (χ3v) is 7.53. The van der Waals surface area contributed by atoms with Gasteiger partial charge >= 0.3 is 0 Å². The lowest BCUT2D eigenvalue weighted by Gasteiger charge is -2.35. The Kier molecular flexibility index (Phi) is 6.06. The van der Waals surface area contributed by atoms with Crippen LogP contribution in [0, 0.1) is 5.82 Å². The van der Waals surface area contributed by atoms with E-state index in [0.29, 0.717) is 17.0 Å². The maximum Gasteiger partial charge on any atom is 0.175 e. The molecular weight excluding hydrogens is 449 g/mol. The van der Waals surface area contributed by atoms with Crippen LogP contribution in [0.4, 0.5) is 10.2 Å². The zero-order valence-corrected chi connectivity index (χ0v) is 19.8. The minimum Gasteiger partial charge on any atom is -0.354 e. The minimum absolute atomic E-state index is 0.259. The van der Waals surface area contributed by atoms with E-state index < -0.39 is 9.84 Å². The number of rotatable bonds is 5. The van der Waals surface area contributed by atoms with Crippen molar-refractivity contribution in [2.75, 3.05) is 37.3 Å². The van der Waals surface area contributed by atoms with Gasteiger partial charge in [0.1, 0.15) is 11.6 Å². The predicted octanol–water partition coefficient (Wildman–Crippen LogP) is 4.77. The summed E-state index contributed by atoms with van der Waals surface area (Å²) in [6, 6.07) is 23.9. The van der Waals surface area contributed by atoms with Gasteiger partial charge in [0.05, 0.1) is 10.4 Å². The second-order valence-electron chi connectivity index (χ2n) is 8.67. The van der Waals surface area contributed by atoms with Crippen molar-refractivity contribution < 1.29 is 12.8 Å². The standard InChI is InChI=1S/C27H26FN3O2S/c1-34(32,33)25-12-5-2-7-21(25)19-30-15-17-31(18-16-30)26-14-13-20-8-6-10-23(27(20)29-26)22-9-3-4-11-24(22)28/h2-14H,15-19H2,1H3. The lowest BCUT2D eigenvalue weighted by Crippen LogP contribution is -2.46. The number of para-hydroxylation sites is 1. The van der Waals surface area contributed by atoms with Gasteiger partial charge in [0.15, 0.2) is 9.84 Å². The first-order valence-corrected chi connectivity index (χ1v) is 13.2. The molecule has 0 bridgehead atoms. The van der Waals surface area contributed by atoms with Gasteiger partial charge in [-0.25, -0.2) is 17.8 Å². The molecule has 0 saturated carbocycles. The zero-order valence-electron chi connectivity index (χ0n) is 19.0. The van der Waals surface area contributed by atoms with Gasteiger partial charge in [-0.05, 0) is 29.8 Å². The third kappa shape index (κ3) is 4.54. The van der Waals surface area contributed by atoms with Crippen LogP contribution in [0.15, 0.2) is 83.8 Å². The van der Waals surface area contributed by atoms with Crippen LogP contribution in [0.5, 0.6) is 0 Å². The lowest BCUT2D eigenvalue weighted by molar-refractivity contribution is 0.247. The summed E-state index contributed by atoms with van der Waals surface area (Å²) in [7, 11) is -3.26. The van der Waals surface area contributed by atoms with Crippen LogP contribution in [-0.4, -0.2) is 50.7 Å². The maximum atomic E-state index is 14.5. The minimum atomic E-state index is -3.26. The molecule has 1 aliphatic rings. The molecular formula is C27H26FN3O2S. The number of pyridine rings is 1. The summed E-state index contributed by atoms with van der Waals surface area (Å²) in [6.07, 6.45) is 1.25. The molecule has 3 aromatic carbocycles. The molecule has 0 N–H and O–H groups in total. The van der Waals surface area contributed by atoms with Crippen LogP contribution in [0.25, 0.3) is 22.0 Å². The van der Waals surface area contributed by atoms with Crippen molar-refractivity contribution in [1.82, 2.24) is 9.88 Å². The average molecular weight is 476 g/mol. The van der Waals surface area contributed by atoms with E-state index in [9.17, 15) is 12.8 Å². The van der Waals surface area contributed by atoms with Crippen LogP contribution >= 0.6 is 0 Å². The number of halogens is 1. The van der Waals surface area contributed by atoms with E-state index in [-0.39, 0.29) is 5.82 Å². The quantitative estimate of drug-likeness (QED) is 0.416. The van der Waals surface area contributed by atoms with E-state index in [2.05, 4.69) is 9.80 Å². The number of sulfone groups is 1. The fraction of sp³-hybridized carbons (Fsp3) is 0.222. The molecule has 1 fully saturated rings. The molecule has 0 amide bonds. The van der Waals surface area contributed by atoms with Crippen molar-refractivity contribution in [2.45, 2.75) is 11.4 Å². The fourth-order valence-corrected chi connectivity index (χ4v) is 5.52. The molecule has 4 aromatic rings. The number of benzene rings is 3. The molecule has 1 saturated heterocycles. The van der Waals surface area contributed by atoms with Gasteiger partial charge in [-0.15, -0.1) is 0 Å². The summed E-state index contributed by atoms with van der Waals surface area (Å²) >= 11 is 0. The van der Waals surface area contributed by atoms with E-state index in [0.717, 1.165) is 54.0 Å². The van der Waals surface area contributed by atoms with Crippen LogP contribution in [0.2, 0.25) is 0 Å². The highest BCUT2D eigenvalue weighted by atomic mass is 32.2. The van der Waals surface area contributed by atoms with Crippen molar-refractivity contribution in [3.63, 3.8) is 0 Å². The molecule has 0 atom stereocenters. The largest absolute Gasteiger partial charge is 0.354 e. The van der Waals surface area contributed by atoms with Gasteiger partial charge in [0.2, 0.25) is 0 Å². The molecule has 0 aliphatic carbocycles. The van der Waals surface area contributed by atoms with E-state index in [1.54, 1.807) is 24.3 Å². The highest BCUT2D eigenvalue weighted by molar-refractivity contribution is 7.90. The average Bonchev–Trinajstić information content (AvgIpc) is 2.84. The number of fused-ring (bicyclic) bond motifs is 1. The first kappa shape index (κ1) is 22.5. The number of hydrogen-bond donors (Lipinski definition) is 0. The maximum absolute atomic E-state index is 14.5. The van der Waals surface area contributed by atoms with Crippen molar-refractivity contribution in [3.8, 4) is 11.1 Å². The summed E-state index contributed by atoms with van der Waals surface area (Å²) in [5, 5.41) is 0.973. The Morgan fingerprint density at radius 3 is 2.29 bits per heavy atom. The number of piperazine rings is 1. The fourth-order valence-electron chi connectivity index (χ4n) is 4.58. The van der Waals surface area contributed by atoms with E-state index in [4.69, 9.17) is 4.98 Å². The second-order valence-corrected chi connectivity index (χ2v) is 10.7. The molecule has 2 heterocycles. The van der Waals surface area contributed by atoms with Crippen molar-refractivity contribution in [1.29, 1.82) is 0 Å². The Hall–Kier alpha value is -3.29. The van der Waals surface area contributed by atoms with Gasteiger partial charge in [-0.2, -0.15) is 0 Å². The van der Waals surface area contributed by atoms with Gasteiger partial charge in [0, 0.05) is 55.5 Å². The predicted molar refractivity (Wildman–Crippen MR) is 134 cm³/mol. The summed E-state index contributed by atoms with van der Waals surface area (Å²) in [5.41, 5.74) is 2.95. The highest BCUT2D eigenvalue weighted by Gasteiger charge is 2.21. The van der Waals surface area contributed by atoms with Gasteiger partial charge in [-0.3, -0.25) is 4.90 Å². The van der Waals surface area contributed by atoms with Crippen LogP contribution in [-0.2, 0) is 16.4 Å². The molecule has 0 unspecified atom stereocenters. The molecule has 174 valence electrons. The van der Waals surface area contributed by atoms with Crippen molar-refractivity contribution in [2.24, 2.45) is 0 Å². The smallest absolute Gasteiger partial charge is 0.175 e. The van der Waals surface area contributed by atoms with Crippen LogP contribution < -0.4 is 4.90 Å². The van der Waals surface area contributed by atoms with Crippen molar-refractivity contribution >= 4 is 26.6 Å². The second kappa shape index (κ2) is 9.16. The summed E-state index contributed by atoms with van der Waals surface area (Å²) in [4.78, 5) is 9.83. The Balaban J connectivity index is 1.36. The molecule has 0 spiro atoms. The first-order valence-electron chi connectivity index (χ1n) is 11.3. The van der Waals surface area contributed by atoms with E-state index >= 15 is 0 Å².